The maximum absolute atomic E-state index is 4.25. The molecule has 5 heteroatoms. The Labute approximate surface area is 98.6 Å². The Hall–Kier alpha value is -0.390. The fourth-order valence-electron chi connectivity index (χ4n) is 1.02. The van der Waals surface area contributed by atoms with Gasteiger partial charge in [-0.1, -0.05) is 34.3 Å². The molecule has 0 unspecified atom stereocenters. The minimum atomic E-state index is 0.837. The number of thiophene rings is 1. The Balaban J connectivity index is 2.32. The van der Waals surface area contributed by atoms with Crippen molar-refractivity contribution in [3.63, 3.8) is 0 Å². The first-order valence-corrected chi connectivity index (χ1v) is 6.57. The minimum absolute atomic E-state index is 0.837. The van der Waals surface area contributed by atoms with Gasteiger partial charge in [-0.2, -0.15) is 0 Å². The molecule has 0 aliphatic heterocycles. The average molecular weight is 287 g/mol. The van der Waals surface area contributed by atoms with Gasteiger partial charge in [0.05, 0.1) is 10.2 Å². The van der Waals surface area contributed by atoms with E-state index in [1.807, 2.05) is 11.4 Å². The molecule has 2 rings (SSSR count). The predicted molar refractivity (Wildman–Crippen MR) is 66.2 cm³/mol. The van der Waals surface area contributed by atoms with Crippen LogP contribution in [0.5, 0.6) is 0 Å². The molecule has 0 amide bonds. The van der Waals surface area contributed by atoms with Crippen LogP contribution in [-0.4, -0.2) is 15.7 Å². The molecule has 0 aromatic carbocycles. The highest BCUT2D eigenvalue weighted by atomic mass is 79.9. The van der Waals surface area contributed by atoms with Crippen LogP contribution in [0, 0.1) is 0 Å². The quantitative estimate of drug-likeness (QED) is 0.636. The summed E-state index contributed by atoms with van der Waals surface area (Å²) in [5.74, 6) is 0.837. The van der Waals surface area contributed by atoms with Crippen LogP contribution < -0.4 is 0 Å². The minimum Gasteiger partial charge on any atom is -0.235 e. The number of hydrogen-bond donors (Lipinski definition) is 0. The van der Waals surface area contributed by atoms with Gasteiger partial charge in [0, 0.05) is 5.75 Å². The number of fused-ring (bicyclic) bond motifs is 1. The Morgan fingerprint density at radius 1 is 1.57 bits per heavy atom. The van der Waals surface area contributed by atoms with E-state index in [4.69, 9.17) is 0 Å². The summed E-state index contributed by atoms with van der Waals surface area (Å²) < 4.78 is 2.14. The first kappa shape index (κ1) is 10.1. The summed E-state index contributed by atoms with van der Waals surface area (Å²) >= 11 is 6.68. The Morgan fingerprint density at radius 2 is 2.43 bits per heavy atom. The summed E-state index contributed by atoms with van der Waals surface area (Å²) in [5.41, 5.74) is 1.02. The van der Waals surface area contributed by atoms with Crippen LogP contribution >= 0.6 is 39.0 Å². The van der Waals surface area contributed by atoms with E-state index in [1.54, 1.807) is 29.4 Å². The second-order valence-corrected chi connectivity index (χ2v) is 5.62. The van der Waals surface area contributed by atoms with Gasteiger partial charge in [-0.3, -0.25) is 0 Å². The SMILES string of the molecule is C=C(Br)CSc1ncnc2ccsc12. The fraction of sp³-hybridized carbons (Fsp3) is 0.111. The standard InChI is InChI=1S/C9H7BrN2S2/c1-6(10)4-14-9-8-7(2-3-13-8)11-5-12-9/h2-3,5H,1,4H2. The molecule has 0 saturated heterocycles. The van der Waals surface area contributed by atoms with E-state index in [-0.39, 0.29) is 0 Å². The van der Waals surface area contributed by atoms with Crippen molar-refractivity contribution in [1.29, 1.82) is 0 Å². The van der Waals surface area contributed by atoms with Gasteiger partial charge in [0.25, 0.3) is 0 Å². The number of thioether (sulfide) groups is 1. The second kappa shape index (κ2) is 4.42. The van der Waals surface area contributed by atoms with Crippen LogP contribution in [0.4, 0.5) is 0 Å². The maximum atomic E-state index is 4.25. The monoisotopic (exact) mass is 286 g/mol. The summed E-state index contributed by atoms with van der Waals surface area (Å²) in [4.78, 5) is 8.43. The molecule has 0 spiro atoms. The van der Waals surface area contributed by atoms with E-state index in [9.17, 15) is 0 Å². The summed E-state index contributed by atoms with van der Waals surface area (Å²) in [6.45, 7) is 3.79. The lowest BCUT2D eigenvalue weighted by Gasteiger charge is -1.99. The first-order chi connectivity index (χ1) is 6.77. The smallest absolute Gasteiger partial charge is 0.118 e. The van der Waals surface area contributed by atoms with Crippen molar-refractivity contribution < 1.29 is 0 Å². The maximum Gasteiger partial charge on any atom is 0.118 e. The van der Waals surface area contributed by atoms with Crippen molar-refractivity contribution in [2.45, 2.75) is 5.03 Å². The third-order valence-corrected chi connectivity index (χ3v) is 4.34. The zero-order valence-electron chi connectivity index (χ0n) is 7.24. The second-order valence-electron chi connectivity index (χ2n) is 2.62. The molecular weight excluding hydrogens is 280 g/mol. The van der Waals surface area contributed by atoms with Crippen LogP contribution in [0.3, 0.4) is 0 Å². The zero-order chi connectivity index (χ0) is 9.97. The highest BCUT2D eigenvalue weighted by molar-refractivity contribution is 9.11. The summed E-state index contributed by atoms with van der Waals surface area (Å²) in [7, 11) is 0. The highest BCUT2D eigenvalue weighted by Gasteiger charge is 2.05. The average Bonchev–Trinajstić information content (AvgIpc) is 2.62. The predicted octanol–water partition coefficient (Wildman–Crippen LogP) is 3.69. The molecule has 2 aromatic rings. The van der Waals surface area contributed by atoms with Crippen LogP contribution in [0.15, 0.2) is 33.9 Å². The van der Waals surface area contributed by atoms with E-state index in [1.165, 1.54) is 0 Å². The molecule has 0 saturated carbocycles. The van der Waals surface area contributed by atoms with Gasteiger partial charge in [0.1, 0.15) is 11.4 Å². The van der Waals surface area contributed by atoms with Gasteiger partial charge in [-0.15, -0.1) is 11.3 Å². The van der Waals surface area contributed by atoms with Gasteiger partial charge >= 0.3 is 0 Å². The Kier molecular flexibility index (Phi) is 3.20. The van der Waals surface area contributed by atoms with E-state index < -0.39 is 0 Å². The van der Waals surface area contributed by atoms with Crippen molar-refractivity contribution >= 4 is 49.2 Å². The number of nitrogens with zero attached hydrogens (tertiary/aromatic N) is 2. The largest absolute Gasteiger partial charge is 0.235 e. The lowest BCUT2D eigenvalue weighted by Crippen LogP contribution is -1.84. The van der Waals surface area contributed by atoms with Crippen LogP contribution in [0.25, 0.3) is 10.2 Å². The molecule has 2 aromatic heterocycles. The fourth-order valence-corrected chi connectivity index (χ4v) is 3.06. The van der Waals surface area contributed by atoms with Crippen molar-refractivity contribution in [1.82, 2.24) is 9.97 Å². The van der Waals surface area contributed by atoms with Gasteiger partial charge in [-0.25, -0.2) is 9.97 Å². The van der Waals surface area contributed by atoms with E-state index in [0.29, 0.717) is 0 Å². The number of aromatic nitrogens is 2. The number of halogens is 1. The molecule has 0 bridgehead atoms. The lowest BCUT2D eigenvalue weighted by molar-refractivity contribution is 1.11. The first-order valence-electron chi connectivity index (χ1n) is 3.91. The van der Waals surface area contributed by atoms with Gasteiger partial charge in [0.2, 0.25) is 0 Å². The molecule has 2 nitrogen and oxygen atoms in total. The lowest BCUT2D eigenvalue weighted by atomic mass is 10.5. The van der Waals surface area contributed by atoms with Crippen LogP contribution in [-0.2, 0) is 0 Å². The van der Waals surface area contributed by atoms with Crippen LogP contribution in [0.2, 0.25) is 0 Å². The summed E-state index contributed by atoms with van der Waals surface area (Å²) in [6.07, 6.45) is 1.61. The molecule has 0 fully saturated rings. The molecule has 14 heavy (non-hydrogen) atoms. The third kappa shape index (κ3) is 2.16. The summed E-state index contributed by atoms with van der Waals surface area (Å²) in [6, 6.07) is 2.01. The Morgan fingerprint density at radius 3 is 3.21 bits per heavy atom. The zero-order valence-corrected chi connectivity index (χ0v) is 10.5. The molecule has 72 valence electrons. The molecular formula is C9H7BrN2S2. The van der Waals surface area contributed by atoms with Crippen molar-refractivity contribution in [3.05, 3.63) is 28.8 Å². The van der Waals surface area contributed by atoms with Crippen LogP contribution in [0.1, 0.15) is 0 Å². The Bertz CT molecular complexity index is 467. The molecule has 0 N–H and O–H groups in total. The summed E-state index contributed by atoms with van der Waals surface area (Å²) in [5, 5.41) is 3.07. The molecule has 0 aliphatic carbocycles. The molecule has 0 radical (unpaired) electrons. The molecule has 2 heterocycles. The van der Waals surface area contributed by atoms with Crippen molar-refractivity contribution in [2.24, 2.45) is 0 Å². The molecule has 0 aliphatic rings. The van der Waals surface area contributed by atoms with E-state index in [0.717, 1.165) is 25.5 Å². The van der Waals surface area contributed by atoms with Gasteiger partial charge in [-0.05, 0) is 15.9 Å². The highest BCUT2D eigenvalue weighted by Crippen LogP contribution is 2.30. The van der Waals surface area contributed by atoms with Crippen molar-refractivity contribution in [2.75, 3.05) is 5.75 Å². The number of rotatable bonds is 3. The number of hydrogen-bond acceptors (Lipinski definition) is 4. The molecule has 0 atom stereocenters. The van der Waals surface area contributed by atoms with Gasteiger partial charge in [0.15, 0.2) is 0 Å². The van der Waals surface area contributed by atoms with E-state index >= 15 is 0 Å². The van der Waals surface area contributed by atoms with Crippen molar-refractivity contribution in [3.8, 4) is 0 Å². The normalized spacial score (nSPS) is 10.6. The third-order valence-electron chi connectivity index (χ3n) is 1.58. The topological polar surface area (TPSA) is 25.8 Å². The van der Waals surface area contributed by atoms with Gasteiger partial charge < -0.3 is 0 Å². The van der Waals surface area contributed by atoms with E-state index in [2.05, 4.69) is 32.5 Å².